The average Bonchev–Trinajstić information content (AvgIpc) is 2.53. The summed E-state index contributed by atoms with van der Waals surface area (Å²) >= 11 is 0. The molecule has 0 aliphatic carbocycles. The van der Waals surface area contributed by atoms with Crippen LogP contribution in [0.4, 0.5) is 0 Å². The van der Waals surface area contributed by atoms with Crippen molar-refractivity contribution in [1.29, 1.82) is 0 Å². The molecule has 0 saturated carbocycles. The Hall–Kier alpha value is 0.0764. The first kappa shape index (κ1) is 19.1. The third-order valence-electron chi connectivity index (χ3n) is 4.25. The van der Waals surface area contributed by atoms with Crippen molar-refractivity contribution in [3.05, 3.63) is 78.7 Å². The second kappa shape index (κ2) is 10.7. The minimum absolute atomic E-state index is 0. The number of benzene rings is 2. The summed E-state index contributed by atoms with van der Waals surface area (Å²) in [6.07, 6.45) is 4.66. The molecule has 0 heterocycles. The van der Waals surface area contributed by atoms with Crippen LogP contribution in [-0.2, 0) is 0 Å². The van der Waals surface area contributed by atoms with Gasteiger partial charge in [0.1, 0.15) is 0 Å². The van der Waals surface area contributed by atoms with Gasteiger partial charge >= 0.3 is 51.4 Å². The van der Waals surface area contributed by atoms with E-state index < -0.39 is 0 Å². The van der Waals surface area contributed by atoms with Crippen molar-refractivity contribution in [3.63, 3.8) is 0 Å². The predicted molar refractivity (Wildman–Crippen MR) is 87.9 cm³/mol. The zero-order valence-electron chi connectivity index (χ0n) is 13.5. The van der Waals surface area contributed by atoms with Crippen LogP contribution in [0.3, 0.4) is 0 Å². The molecule has 0 amide bonds. The molecule has 2 atom stereocenters. The minimum Gasteiger partial charge on any atom is -0.343 e. The van der Waals surface area contributed by atoms with E-state index in [-0.39, 0.29) is 51.4 Å². The summed E-state index contributed by atoms with van der Waals surface area (Å²) in [7, 11) is 0. The van der Waals surface area contributed by atoms with Crippen LogP contribution in [0.5, 0.6) is 0 Å². The smallest absolute Gasteiger partial charge is 0.343 e. The Morgan fingerprint density at radius 2 is 1.19 bits per heavy atom. The van der Waals surface area contributed by atoms with Crippen molar-refractivity contribution >= 4 is 0 Å². The molecule has 2 rings (SSSR count). The topological polar surface area (TPSA) is 0 Å². The molecule has 0 N–H and O–H groups in total. The van der Waals surface area contributed by atoms with Crippen LogP contribution in [0.2, 0.25) is 0 Å². The molecule has 0 radical (unpaired) electrons. The Bertz CT molecular complexity index is 430. The maximum Gasteiger partial charge on any atom is 1.00 e. The summed E-state index contributed by atoms with van der Waals surface area (Å²) in [6.45, 7) is 6.43. The largest absolute Gasteiger partial charge is 1.00 e. The minimum atomic E-state index is 0. The zero-order valence-corrected chi connectivity index (χ0v) is 16.6. The second-order valence-corrected chi connectivity index (χ2v) is 5.49. The van der Waals surface area contributed by atoms with E-state index in [0.717, 1.165) is 6.42 Å². The Labute approximate surface area is 172 Å². The molecule has 0 aliphatic rings. The first-order valence-electron chi connectivity index (χ1n) is 7.74. The van der Waals surface area contributed by atoms with Crippen molar-refractivity contribution < 1.29 is 51.4 Å². The van der Waals surface area contributed by atoms with Crippen LogP contribution >= 0.6 is 0 Å². The molecule has 2 unspecified atom stereocenters. The Kier molecular flexibility index (Phi) is 9.78. The molecule has 2 aromatic carbocycles. The summed E-state index contributed by atoms with van der Waals surface area (Å²) in [5, 5.41) is 0. The first-order chi connectivity index (χ1) is 9.85. The van der Waals surface area contributed by atoms with Crippen LogP contribution in [0, 0.1) is 6.92 Å². The summed E-state index contributed by atoms with van der Waals surface area (Å²) < 4.78 is 0. The molecule has 106 valence electrons. The fourth-order valence-corrected chi connectivity index (χ4v) is 2.94. The van der Waals surface area contributed by atoms with E-state index in [0.29, 0.717) is 11.8 Å². The van der Waals surface area contributed by atoms with Crippen molar-refractivity contribution in [3.8, 4) is 0 Å². The van der Waals surface area contributed by atoms with Crippen LogP contribution in [0.15, 0.2) is 60.7 Å². The van der Waals surface area contributed by atoms with Gasteiger partial charge < -0.3 is 6.92 Å². The third-order valence-corrected chi connectivity index (χ3v) is 4.25. The van der Waals surface area contributed by atoms with Crippen LogP contribution in [-0.4, -0.2) is 0 Å². The predicted octanol–water partition coefficient (Wildman–Crippen LogP) is 2.97. The molecule has 0 saturated heterocycles. The van der Waals surface area contributed by atoms with Gasteiger partial charge in [-0.25, -0.2) is 0 Å². The van der Waals surface area contributed by atoms with Gasteiger partial charge in [-0.05, 0) is 42.2 Å². The fraction of sp³-hybridized carbons (Fsp3) is 0.350. The van der Waals surface area contributed by atoms with Crippen molar-refractivity contribution in [2.45, 2.75) is 44.4 Å². The molecular weight excluding hydrogens is 279 g/mol. The van der Waals surface area contributed by atoms with Crippen molar-refractivity contribution in [2.75, 3.05) is 0 Å². The molecule has 0 aromatic heterocycles. The normalized spacial score (nSPS) is 13.2. The summed E-state index contributed by atoms with van der Waals surface area (Å²) in [4.78, 5) is 0. The summed E-state index contributed by atoms with van der Waals surface area (Å²) in [5.41, 5.74) is 2.91. The Balaban J connectivity index is 0.00000220. The van der Waals surface area contributed by atoms with E-state index in [2.05, 4.69) is 74.5 Å². The second-order valence-electron chi connectivity index (χ2n) is 5.49. The van der Waals surface area contributed by atoms with Crippen LogP contribution in [0.1, 0.15) is 55.6 Å². The Morgan fingerprint density at radius 3 is 1.62 bits per heavy atom. The van der Waals surface area contributed by atoms with Gasteiger partial charge in [-0.1, -0.05) is 67.6 Å². The van der Waals surface area contributed by atoms with Gasteiger partial charge in [-0.2, -0.15) is 6.42 Å². The first-order valence-corrected chi connectivity index (χ1v) is 7.74. The van der Waals surface area contributed by atoms with E-state index in [1.54, 1.807) is 0 Å². The molecular formula is C20H25K. The molecule has 0 bridgehead atoms. The third kappa shape index (κ3) is 6.00. The van der Waals surface area contributed by atoms with Gasteiger partial charge in [0, 0.05) is 0 Å². The zero-order chi connectivity index (χ0) is 14.2. The molecule has 0 spiro atoms. The van der Waals surface area contributed by atoms with Crippen LogP contribution in [0.25, 0.3) is 0 Å². The van der Waals surface area contributed by atoms with Gasteiger partial charge in [-0.15, -0.1) is 0 Å². The SMILES string of the molecule is [CH2-]CC(CCC(CC)c1ccccc1)c1ccccc1.[K+]. The van der Waals surface area contributed by atoms with Gasteiger partial charge in [0.05, 0.1) is 0 Å². The van der Waals surface area contributed by atoms with Crippen molar-refractivity contribution in [1.82, 2.24) is 0 Å². The average molecular weight is 305 g/mol. The summed E-state index contributed by atoms with van der Waals surface area (Å²) in [6, 6.07) is 21.7. The van der Waals surface area contributed by atoms with E-state index in [4.69, 9.17) is 0 Å². The maximum absolute atomic E-state index is 4.14. The maximum atomic E-state index is 4.14. The van der Waals surface area contributed by atoms with E-state index in [1.165, 1.54) is 30.4 Å². The van der Waals surface area contributed by atoms with E-state index in [9.17, 15) is 0 Å². The summed E-state index contributed by atoms with van der Waals surface area (Å²) in [5.74, 6) is 1.27. The number of hydrogen-bond acceptors (Lipinski definition) is 0. The van der Waals surface area contributed by atoms with E-state index in [1.807, 2.05) is 0 Å². The molecule has 0 fully saturated rings. The molecule has 0 nitrogen and oxygen atoms in total. The van der Waals surface area contributed by atoms with Crippen LogP contribution < -0.4 is 51.4 Å². The Morgan fingerprint density at radius 1 is 0.762 bits per heavy atom. The standard InChI is InChI=1S/C20H25.K/c1-3-17(19-11-7-5-8-12-19)15-16-18(4-2)20-13-9-6-10-14-20;/h5-14,17-18H,1,3-4,15-16H2,2H3;/q-1;+1. The van der Waals surface area contributed by atoms with Gasteiger partial charge in [0.2, 0.25) is 0 Å². The fourth-order valence-electron chi connectivity index (χ4n) is 2.94. The van der Waals surface area contributed by atoms with Gasteiger partial charge in [-0.3, -0.25) is 0 Å². The monoisotopic (exact) mass is 304 g/mol. The van der Waals surface area contributed by atoms with E-state index >= 15 is 0 Å². The van der Waals surface area contributed by atoms with Crippen molar-refractivity contribution in [2.24, 2.45) is 0 Å². The molecule has 2 aromatic rings. The molecule has 21 heavy (non-hydrogen) atoms. The number of hydrogen-bond donors (Lipinski definition) is 0. The number of rotatable bonds is 7. The quantitative estimate of drug-likeness (QED) is 0.545. The molecule has 1 heteroatoms. The molecule has 0 aliphatic heterocycles. The van der Waals surface area contributed by atoms with Gasteiger partial charge in [0.15, 0.2) is 0 Å². The van der Waals surface area contributed by atoms with Gasteiger partial charge in [0.25, 0.3) is 0 Å².